The van der Waals surface area contributed by atoms with Gasteiger partial charge in [0.1, 0.15) is 5.75 Å². The number of nitrogens with zero attached hydrogens (tertiary/aromatic N) is 1. The van der Waals surface area contributed by atoms with Crippen molar-refractivity contribution in [2.45, 2.75) is 13.8 Å². The summed E-state index contributed by atoms with van der Waals surface area (Å²) in [4.78, 5) is 23.2. The second-order valence-electron chi connectivity index (χ2n) is 5.13. The first kappa shape index (κ1) is 17.2. The van der Waals surface area contributed by atoms with E-state index in [1.807, 2.05) is 12.1 Å². The average Bonchev–Trinajstić information content (AvgIpc) is 2.59. The Labute approximate surface area is 140 Å². The molecule has 0 spiro atoms. The first-order chi connectivity index (χ1) is 11.5. The van der Waals surface area contributed by atoms with Gasteiger partial charge in [-0.15, -0.1) is 0 Å². The minimum atomic E-state index is -0.328. The molecular weight excluding hydrogens is 306 g/mol. The van der Waals surface area contributed by atoms with Crippen LogP contribution in [0.25, 0.3) is 0 Å². The van der Waals surface area contributed by atoms with Crippen LogP contribution in [0.3, 0.4) is 0 Å². The van der Waals surface area contributed by atoms with Gasteiger partial charge in [-0.05, 0) is 42.8 Å². The third-order valence-corrected chi connectivity index (χ3v) is 3.26. The topological polar surface area (TPSA) is 79.8 Å². The Kier molecular flexibility index (Phi) is 5.68. The fourth-order valence-corrected chi connectivity index (χ4v) is 2.05. The molecule has 0 saturated carbocycles. The summed E-state index contributed by atoms with van der Waals surface area (Å²) in [6.45, 7) is 3.22. The van der Waals surface area contributed by atoms with Crippen LogP contribution < -0.4 is 15.5 Å². The van der Waals surface area contributed by atoms with E-state index < -0.39 is 0 Å². The molecule has 2 amide bonds. The maximum absolute atomic E-state index is 12.1. The van der Waals surface area contributed by atoms with E-state index in [4.69, 9.17) is 4.74 Å². The van der Waals surface area contributed by atoms with Crippen LogP contribution in [0.4, 0.5) is 5.69 Å². The van der Waals surface area contributed by atoms with Crippen LogP contribution in [0, 0.1) is 0 Å². The fourth-order valence-electron chi connectivity index (χ4n) is 2.05. The molecule has 0 atom stereocenters. The zero-order valence-electron chi connectivity index (χ0n) is 13.8. The van der Waals surface area contributed by atoms with Gasteiger partial charge >= 0.3 is 0 Å². The zero-order valence-corrected chi connectivity index (χ0v) is 13.8. The molecule has 124 valence electrons. The summed E-state index contributed by atoms with van der Waals surface area (Å²) in [5.41, 5.74) is 5.07. The van der Waals surface area contributed by atoms with Crippen LogP contribution in [0.1, 0.15) is 29.8 Å². The lowest BCUT2D eigenvalue weighted by Gasteiger charge is -2.07. The first-order valence-corrected chi connectivity index (χ1v) is 7.36. The predicted molar refractivity (Wildman–Crippen MR) is 93.4 cm³/mol. The van der Waals surface area contributed by atoms with Crippen LogP contribution in [-0.4, -0.2) is 24.6 Å². The second-order valence-corrected chi connectivity index (χ2v) is 5.13. The lowest BCUT2D eigenvalue weighted by Crippen LogP contribution is -2.19. The van der Waals surface area contributed by atoms with Gasteiger partial charge < -0.3 is 10.1 Å². The normalized spacial score (nSPS) is 10.9. The second kappa shape index (κ2) is 7.92. The Morgan fingerprint density at radius 1 is 1.00 bits per heavy atom. The number of hydrogen-bond donors (Lipinski definition) is 2. The zero-order chi connectivity index (χ0) is 17.5. The number of methoxy groups -OCH3 is 1. The van der Waals surface area contributed by atoms with Crippen molar-refractivity contribution in [2.24, 2.45) is 5.10 Å². The summed E-state index contributed by atoms with van der Waals surface area (Å²) in [6, 6.07) is 14.0. The number of ether oxygens (including phenoxy) is 1. The van der Waals surface area contributed by atoms with Gasteiger partial charge in [0.15, 0.2) is 0 Å². The number of benzene rings is 2. The fraction of sp³-hybridized carbons (Fsp3) is 0.167. The summed E-state index contributed by atoms with van der Waals surface area (Å²) < 4.78 is 5.09. The van der Waals surface area contributed by atoms with E-state index in [9.17, 15) is 9.59 Å². The lowest BCUT2D eigenvalue weighted by molar-refractivity contribution is -0.114. The molecule has 2 N–H and O–H groups in total. The molecule has 2 rings (SSSR count). The van der Waals surface area contributed by atoms with Crippen molar-refractivity contribution in [3.8, 4) is 5.75 Å². The van der Waals surface area contributed by atoms with Crippen molar-refractivity contribution in [3.05, 3.63) is 59.7 Å². The number of anilines is 1. The number of hydrogen-bond acceptors (Lipinski definition) is 4. The van der Waals surface area contributed by atoms with Crippen molar-refractivity contribution >= 4 is 23.2 Å². The van der Waals surface area contributed by atoms with E-state index in [-0.39, 0.29) is 11.8 Å². The van der Waals surface area contributed by atoms with E-state index in [0.717, 1.165) is 5.56 Å². The highest BCUT2D eigenvalue weighted by molar-refractivity contribution is 6.02. The smallest absolute Gasteiger partial charge is 0.271 e. The van der Waals surface area contributed by atoms with Crippen molar-refractivity contribution in [2.75, 3.05) is 12.4 Å². The van der Waals surface area contributed by atoms with E-state index in [1.165, 1.54) is 6.92 Å². The molecule has 24 heavy (non-hydrogen) atoms. The standard InChI is InChI=1S/C18H19N3O3/c1-12(14-6-4-8-16(10-14)19-13(2)22)20-21-18(23)15-7-5-9-17(11-15)24-3/h4-11H,1-3H3,(H,19,22)(H,21,23)/b20-12-. The molecule has 6 heteroatoms. The maximum atomic E-state index is 12.1. The summed E-state index contributed by atoms with van der Waals surface area (Å²) in [5.74, 6) is 0.130. The summed E-state index contributed by atoms with van der Waals surface area (Å²) in [7, 11) is 1.54. The molecule has 6 nitrogen and oxygen atoms in total. The number of rotatable bonds is 5. The molecule has 0 bridgehead atoms. The number of hydrazone groups is 1. The molecule has 2 aromatic carbocycles. The third kappa shape index (κ3) is 4.67. The van der Waals surface area contributed by atoms with Gasteiger partial charge in [0, 0.05) is 18.2 Å². The first-order valence-electron chi connectivity index (χ1n) is 7.36. The Hall–Kier alpha value is -3.15. The van der Waals surface area contributed by atoms with Crippen LogP contribution in [0.15, 0.2) is 53.6 Å². The Balaban J connectivity index is 2.10. The molecule has 2 aromatic rings. The van der Waals surface area contributed by atoms with Crippen LogP contribution >= 0.6 is 0 Å². The van der Waals surface area contributed by atoms with Crippen molar-refractivity contribution in [1.82, 2.24) is 5.43 Å². The van der Waals surface area contributed by atoms with E-state index in [0.29, 0.717) is 22.7 Å². The summed E-state index contributed by atoms with van der Waals surface area (Å²) >= 11 is 0. The average molecular weight is 325 g/mol. The number of carbonyl (C=O) groups is 2. The number of carbonyl (C=O) groups excluding carboxylic acids is 2. The quantitative estimate of drug-likeness (QED) is 0.655. The van der Waals surface area contributed by atoms with Crippen LogP contribution in [0.2, 0.25) is 0 Å². The molecule has 0 fully saturated rings. The Bertz CT molecular complexity index is 785. The van der Waals surface area contributed by atoms with Crippen molar-refractivity contribution < 1.29 is 14.3 Å². The molecule has 0 aliphatic carbocycles. The minimum absolute atomic E-state index is 0.145. The van der Waals surface area contributed by atoms with Gasteiger partial charge in [-0.3, -0.25) is 9.59 Å². The highest BCUT2D eigenvalue weighted by atomic mass is 16.5. The van der Waals surface area contributed by atoms with Crippen LogP contribution in [0.5, 0.6) is 5.75 Å². The van der Waals surface area contributed by atoms with Crippen molar-refractivity contribution in [3.63, 3.8) is 0 Å². The largest absolute Gasteiger partial charge is 0.497 e. The molecule has 0 aliphatic heterocycles. The van der Waals surface area contributed by atoms with Gasteiger partial charge in [0.05, 0.1) is 12.8 Å². The molecule has 0 heterocycles. The number of nitrogens with one attached hydrogen (secondary N) is 2. The highest BCUT2D eigenvalue weighted by Gasteiger charge is 2.06. The highest BCUT2D eigenvalue weighted by Crippen LogP contribution is 2.13. The van der Waals surface area contributed by atoms with Gasteiger partial charge in [-0.25, -0.2) is 5.43 Å². The van der Waals surface area contributed by atoms with Gasteiger partial charge in [0.2, 0.25) is 5.91 Å². The lowest BCUT2D eigenvalue weighted by atomic mass is 10.1. The summed E-state index contributed by atoms with van der Waals surface area (Å²) in [5, 5.41) is 6.82. The molecule has 0 aromatic heterocycles. The van der Waals surface area contributed by atoms with E-state index in [2.05, 4.69) is 15.8 Å². The monoisotopic (exact) mass is 325 g/mol. The Morgan fingerprint density at radius 2 is 1.71 bits per heavy atom. The third-order valence-electron chi connectivity index (χ3n) is 3.26. The van der Waals surface area contributed by atoms with E-state index in [1.54, 1.807) is 50.4 Å². The molecular formula is C18H19N3O3. The predicted octanol–water partition coefficient (Wildman–Crippen LogP) is 2.81. The van der Waals surface area contributed by atoms with Crippen molar-refractivity contribution in [1.29, 1.82) is 0 Å². The Morgan fingerprint density at radius 3 is 2.42 bits per heavy atom. The molecule has 0 unspecified atom stereocenters. The molecule has 0 saturated heterocycles. The molecule has 0 aliphatic rings. The molecule has 0 radical (unpaired) electrons. The number of amides is 2. The maximum Gasteiger partial charge on any atom is 0.271 e. The minimum Gasteiger partial charge on any atom is -0.497 e. The van der Waals surface area contributed by atoms with Gasteiger partial charge in [0.25, 0.3) is 5.91 Å². The van der Waals surface area contributed by atoms with Gasteiger partial charge in [-0.2, -0.15) is 5.10 Å². The van der Waals surface area contributed by atoms with E-state index >= 15 is 0 Å². The SMILES string of the molecule is COc1cccc(C(=O)N/N=C(/C)c2cccc(NC(C)=O)c2)c1. The van der Waals surface area contributed by atoms with Crippen LogP contribution in [-0.2, 0) is 4.79 Å². The van der Waals surface area contributed by atoms with Gasteiger partial charge in [-0.1, -0.05) is 18.2 Å². The summed E-state index contributed by atoms with van der Waals surface area (Å²) in [6.07, 6.45) is 0.